The second kappa shape index (κ2) is 3.94. The molecule has 1 aromatic carbocycles. The van der Waals surface area contributed by atoms with E-state index in [1.165, 1.54) is 6.20 Å². The van der Waals surface area contributed by atoms with Crippen molar-refractivity contribution < 1.29 is 9.90 Å². The summed E-state index contributed by atoms with van der Waals surface area (Å²) in [6.07, 6.45) is 1.48. The maximum absolute atomic E-state index is 12.0. The van der Waals surface area contributed by atoms with Crippen molar-refractivity contribution in [2.75, 3.05) is 0 Å². The monoisotopic (exact) mass is 257 g/mol. The Morgan fingerprint density at radius 3 is 2.95 bits per heavy atom. The van der Waals surface area contributed by atoms with Gasteiger partial charge in [0.05, 0.1) is 16.4 Å². The van der Waals surface area contributed by atoms with Crippen LogP contribution >= 0.6 is 0 Å². The second-order valence-corrected chi connectivity index (χ2v) is 4.46. The number of nitrogens with one attached hydrogen (secondary N) is 1. The molecule has 2 aromatic heterocycles. The molecule has 2 N–H and O–H groups in total. The molecule has 0 aliphatic heterocycles. The highest BCUT2D eigenvalue weighted by molar-refractivity contribution is 6.02. The lowest BCUT2D eigenvalue weighted by Crippen LogP contribution is -2.21. The average molecular weight is 257 g/mol. The lowest BCUT2D eigenvalue weighted by atomic mass is 10.1. The van der Waals surface area contributed by atoms with Gasteiger partial charge in [-0.25, -0.2) is 4.68 Å². The molecule has 0 saturated carbocycles. The van der Waals surface area contributed by atoms with E-state index in [-0.39, 0.29) is 12.1 Å². The molecule has 0 fully saturated rings. The fourth-order valence-electron chi connectivity index (χ4n) is 2.17. The Morgan fingerprint density at radius 1 is 1.42 bits per heavy atom. The van der Waals surface area contributed by atoms with Gasteiger partial charge in [-0.1, -0.05) is 11.6 Å². The summed E-state index contributed by atoms with van der Waals surface area (Å²) in [5.41, 5.74) is 2.07. The van der Waals surface area contributed by atoms with Gasteiger partial charge in [-0.2, -0.15) is 0 Å². The number of aliphatic carboxylic acids is 1. The van der Waals surface area contributed by atoms with E-state index < -0.39 is 5.97 Å². The van der Waals surface area contributed by atoms with Crippen LogP contribution in [-0.2, 0) is 11.3 Å². The van der Waals surface area contributed by atoms with Crippen molar-refractivity contribution in [1.29, 1.82) is 0 Å². The van der Waals surface area contributed by atoms with E-state index in [0.29, 0.717) is 10.9 Å². The fraction of sp³-hybridized carbons (Fsp3) is 0.154. The molecule has 2 heterocycles. The lowest BCUT2D eigenvalue weighted by molar-refractivity contribution is -0.137. The van der Waals surface area contributed by atoms with Gasteiger partial charge in [0, 0.05) is 11.6 Å². The minimum absolute atomic E-state index is 0.367. The largest absolute Gasteiger partial charge is 0.480 e. The number of rotatable bonds is 2. The van der Waals surface area contributed by atoms with Gasteiger partial charge in [0.25, 0.3) is 5.56 Å². The zero-order valence-electron chi connectivity index (χ0n) is 10.2. The van der Waals surface area contributed by atoms with Crippen molar-refractivity contribution in [3.63, 3.8) is 0 Å². The summed E-state index contributed by atoms with van der Waals surface area (Å²) < 4.78 is 1.08. The third-order valence-electron chi connectivity index (χ3n) is 3.04. The summed E-state index contributed by atoms with van der Waals surface area (Å²) in [5.74, 6) is -1.07. The highest BCUT2D eigenvalue weighted by Gasteiger charge is 2.12. The molecule has 19 heavy (non-hydrogen) atoms. The number of carboxylic acids is 1. The van der Waals surface area contributed by atoms with Crippen LogP contribution in [0.3, 0.4) is 0 Å². The van der Waals surface area contributed by atoms with Gasteiger partial charge in [0.2, 0.25) is 0 Å². The molecule has 0 saturated heterocycles. The summed E-state index contributed by atoms with van der Waals surface area (Å²) >= 11 is 0. The summed E-state index contributed by atoms with van der Waals surface area (Å²) in [4.78, 5) is 27.0. The van der Waals surface area contributed by atoms with Crippen LogP contribution in [0.4, 0.5) is 0 Å². The predicted octanol–water partition coefficient (Wildman–Crippen LogP) is 1.27. The van der Waals surface area contributed by atoms with E-state index in [0.717, 1.165) is 21.1 Å². The lowest BCUT2D eigenvalue weighted by Gasteiger charge is -1.99. The number of aromatic amines is 1. The molecular weight excluding hydrogens is 246 g/mol. The van der Waals surface area contributed by atoms with Gasteiger partial charge in [-0.05, 0) is 19.1 Å². The van der Waals surface area contributed by atoms with Gasteiger partial charge < -0.3 is 5.11 Å². The fourth-order valence-corrected chi connectivity index (χ4v) is 2.17. The number of H-pyrrole nitrogens is 1. The molecule has 0 aliphatic rings. The van der Waals surface area contributed by atoms with Gasteiger partial charge in [-0.3, -0.25) is 19.7 Å². The first-order chi connectivity index (χ1) is 9.06. The van der Waals surface area contributed by atoms with Crippen LogP contribution < -0.4 is 5.56 Å². The molecule has 0 atom stereocenters. The molecule has 0 spiro atoms. The molecule has 6 nitrogen and oxygen atoms in total. The van der Waals surface area contributed by atoms with Gasteiger partial charge in [0.15, 0.2) is 0 Å². The van der Waals surface area contributed by atoms with Crippen molar-refractivity contribution >= 4 is 27.8 Å². The number of aryl methyl sites for hydroxylation is 1. The minimum Gasteiger partial charge on any atom is -0.480 e. The van der Waals surface area contributed by atoms with Crippen LogP contribution in [0.15, 0.2) is 29.2 Å². The number of carbonyl (C=O) groups is 1. The molecule has 3 aromatic rings. The zero-order valence-corrected chi connectivity index (χ0v) is 10.2. The molecule has 6 heteroatoms. The van der Waals surface area contributed by atoms with E-state index in [4.69, 9.17) is 5.11 Å². The molecule has 3 rings (SSSR count). The molecule has 0 radical (unpaired) electrons. The Balaban J connectivity index is 2.39. The van der Waals surface area contributed by atoms with E-state index in [1.54, 1.807) is 0 Å². The number of pyridine rings is 1. The maximum atomic E-state index is 12.0. The standard InChI is InChI=1S/C13H11N3O3/c1-7-2-3-10-8(4-7)12-9(5-14-10)13(19)16(15-12)6-11(17)18/h2-5,15H,6H2,1H3,(H,17,18). The third kappa shape index (κ3) is 1.77. The molecule has 96 valence electrons. The summed E-state index contributed by atoms with van der Waals surface area (Å²) in [6.45, 7) is 1.56. The molecule has 0 amide bonds. The van der Waals surface area contributed by atoms with Crippen molar-refractivity contribution in [2.24, 2.45) is 0 Å². The number of hydrogen-bond acceptors (Lipinski definition) is 3. The summed E-state index contributed by atoms with van der Waals surface area (Å²) in [6, 6.07) is 5.73. The number of carboxylic acid groups (broad SMARTS) is 1. The number of aromatic nitrogens is 3. The van der Waals surface area contributed by atoms with Crippen LogP contribution in [0.1, 0.15) is 5.56 Å². The Morgan fingerprint density at radius 2 is 2.21 bits per heavy atom. The Kier molecular flexibility index (Phi) is 2.38. The van der Waals surface area contributed by atoms with Crippen LogP contribution in [0.2, 0.25) is 0 Å². The van der Waals surface area contributed by atoms with Gasteiger partial charge in [0.1, 0.15) is 6.54 Å². The van der Waals surface area contributed by atoms with Crippen molar-refractivity contribution in [2.45, 2.75) is 13.5 Å². The third-order valence-corrected chi connectivity index (χ3v) is 3.04. The van der Waals surface area contributed by atoms with Gasteiger partial charge >= 0.3 is 5.97 Å². The first kappa shape index (κ1) is 11.5. The van der Waals surface area contributed by atoms with Crippen molar-refractivity contribution in [1.82, 2.24) is 14.8 Å². The van der Waals surface area contributed by atoms with Crippen LogP contribution in [-0.4, -0.2) is 25.8 Å². The normalized spacial score (nSPS) is 11.2. The SMILES string of the molecule is Cc1ccc2ncc3c(=O)n(CC(=O)O)[nH]c3c2c1. The zero-order chi connectivity index (χ0) is 13.6. The smallest absolute Gasteiger partial charge is 0.325 e. The van der Waals surface area contributed by atoms with Crippen molar-refractivity contribution in [3.8, 4) is 0 Å². The first-order valence-electron chi connectivity index (χ1n) is 5.76. The minimum atomic E-state index is -1.07. The Hall–Kier alpha value is -2.63. The van der Waals surface area contributed by atoms with Crippen molar-refractivity contribution in [3.05, 3.63) is 40.3 Å². The quantitative estimate of drug-likeness (QED) is 0.723. The van der Waals surface area contributed by atoms with Crippen LogP contribution in [0, 0.1) is 6.92 Å². The highest BCUT2D eigenvalue weighted by atomic mass is 16.4. The molecule has 0 aliphatic carbocycles. The summed E-state index contributed by atoms with van der Waals surface area (Å²) in [5, 5.41) is 12.8. The molecular formula is C13H11N3O3. The van der Waals surface area contributed by atoms with Crippen LogP contribution in [0.25, 0.3) is 21.8 Å². The van der Waals surface area contributed by atoms with Crippen LogP contribution in [0.5, 0.6) is 0 Å². The Labute approximate surface area is 107 Å². The van der Waals surface area contributed by atoms with E-state index in [1.807, 2.05) is 25.1 Å². The number of fused-ring (bicyclic) bond motifs is 3. The first-order valence-corrected chi connectivity index (χ1v) is 5.76. The summed E-state index contributed by atoms with van der Waals surface area (Å²) in [7, 11) is 0. The second-order valence-electron chi connectivity index (χ2n) is 4.46. The molecule has 0 bridgehead atoms. The highest BCUT2D eigenvalue weighted by Crippen LogP contribution is 2.20. The van der Waals surface area contributed by atoms with E-state index in [9.17, 15) is 9.59 Å². The maximum Gasteiger partial charge on any atom is 0.325 e. The van der Waals surface area contributed by atoms with Gasteiger partial charge in [-0.15, -0.1) is 0 Å². The Bertz CT molecular complexity index is 861. The number of benzene rings is 1. The van der Waals surface area contributed by atoms with E-state index in [2.05, 4.69) is 10.1 Å². The predicted molar refractivity (Wildman–Crippen MR) is 70.2 cm³/mol. The topological polar surface area (TPSA) is 88.0 Å². The van der Waals surface area contributed by atoms with E-state index >= 15 is 0 Å². The number of nitrogens with zero attached hydrogens (tertiary/aromatic N) is 2. The molecule has 0 unspecified atom stereocenters. The number of hydrogen-bond donors (Lipinski definition) is 2. The average Bonchev–Trinajstić information content (AvgIpc) is 2.66.